The van der Waals surface area contributed by atoms with Gasteiger partial charge in [0.1, 0.15) is 0 Å². The van der Waals surface area contributed by atoms with Gasteiger partial charge in [-0.3, -0.25) is 4.79 Å². The van der Waals surface area contributed by atoms with Crippen molar-refractivity contribution in [1.29, 1.82) is 0 Å². The summed E-state index contributed by atoms with van der Waals surface area (Å²) in [5, 5.41) is 0. The number of ether oxygens (including phenoxy) is 1. The summed E-state index contributed by atoms with van der Waals surface area (Å²) in [6.45, 7) is 1.07. The predicted octanol–water partition coefficient (Wildman–Crippen LogP) is 1.15. The van der Waals surface area contributed by atoms with Gasteiger partial charge in [0, 0.05) is 12.8 Å². The molecule has 0 aliphatic heterocycles. The summed E-state index contributed by atoms with van der Waals surface area (Å²) < 4.78 is 4.90. The van der Waals surface area contributed by atoms with Gasteiger partial charge in [0.05, 0.1) is 19.7 Å². The first kappa shape index (κ1) is 15.2. The Balaban J connectivity index is 3.28. The highest BCUT2D eigenvalue weighted by Gasteiger charge is 2.01. The minimum atomic E-state index is -0.251. The second-order valence-corrected chi connectivity index (χ2v) is 3.33. The van der Waals surface area contributed by atoms with Crippen LogP contribution in [0.4, 0.5) is 0 Å². The number of hydrogen-bond donors (Lipinski definition) is 0. The minimum Gasteiger partial charge on any atom is -0.466 e. The second-order valence-electron chi connectivity index (χ2n) is 3.33. The van der Waals surface area contributed by atoms with E-state index in [1.807, 2.05) is 0 Å². The molecule has 0 rings (SSSR count). The van der Waals surface area contributed by atoms with E-state index in [9.17, 15) is 14.4 Å². The molecule has 17 heavy (non-hydrogen) atoms. The highest BCUT2D eigenvalue weighted by Crippen LogP contribution is 2.01. The van der Waals surface area contributed by atoms with E-state index in [4.69, 9.17) is 4.74 Å². The maximum atomic E-state index is 11.1. The van der Waals surface area contributed by atoms with E-state index in [1.54, 1.807) is 0 Å². The summed E-state index contributed by atoms with van der Waals surface area (Å²) in [4.78, 5) is 37.3. The Labute approximate surface area is 99.8 Å². The first-order chi connectivity index (χ1) is 8.31. The molecule has 0 amide bonds. The summed E-state index contributed by atoms with van der Waals surface area (Å²) in [7, 11) is 0. The number of carbonyl (C=O) groups excluding carboxylic acids is 3. The number of unbranched alkanes of at least 4 members (excludes halogenated alkanes) is 2. The maximum Gasteiger partial charge on any atom is 0.305 e. The third-order valence-electron chi connectivity index (χ3n) is 1.96. The number of carbonyl (C=O) groups is 1. The molecular formula is C11H16N2O4. The molecule has 6 nitrogen and oxygen atoms in total. The van der Waals surface area contributed by atoms with Gasteiger partial charge in [-0.05, 0) is 12.8 Å². The van der Waals surface area contributed by atoms with Crippen LogP contribution >= 0.6 is 0 Å². The summed E-state index contributed by atoms with van der Waals surface area (Å²) in [6.07, 6.45) is 6.10. The molecule has 0 fully saturated rings. The minimum absolute atomic E-state index is 0.251. The number of rotatable bonds is 10. The van der Waals surface area contributed by atoms with Gasteiger partial charge in [0.25, 0.3) is 0 Å². The molecule has 0 aliphatic carbocycles. The zero-order valence-corrected chi connectivity index (χ0v) is 9.68. The Morgan fingerprint density at radius 2 is 1.59 bits per heavy atom. The first-order valence-corrected chi connectivity index (χ1v) is 5.54. The lowest BCUT2D eigenvalue weighted by Crippen LogP contribution is -2.06. The van der Waals surface area contributed by atoms with E-state index in [1.165, 1.54) is 12.2 Å². The van der Waals surface area contributed by atoms with Crippen LogP contribution in [-0.4, -0.2) is 37.8 Å². The van der Waals surface area contributed by atoms with E-state index in [0.717, 1.165) is 19.3 Å². The van der Waals surface area contributed by atoms with Crippen LogP contribution in [0.1, 0.15) is 32.1 Å². The van der Waals surface area contributed by atoms with Crippen LogP contribution in [0.2, 0.25) is 0 Å². The normalized spacial score (nSPS) is 8.94. The van der Waals surface area contributed by atoms with Crippen molar-refractivity contribution < 1.29 is 19.1 Å². The molecule has 94 valence electrons. The molecule has 0 radical (unpaired) electrons. The SMILES string of the molecule is O=C=NCCCCCC(=O)OCCCN=C=O. The molecule has 6 heteroatoms. The Hall–Kier alpha value is -1.77. The smallest absolute Gasteiger partial charge is 0.305 e. The molecule has 0 aromatic carbocycles. The first-order valence-electron chi connectivity index (χ1n) is 5.54. The molecule has 0 aromatic rings. The lowest BCUT2D eigenvalue weighted by Gasteiger charge is -2.02. The fourth-order valence-electron chi connectivity index (χ4n) is 1.13. The van der Waals surface area contributed by atoms with Gasteiger partial charge in [-0.15, -0.1) is 0 Å². The zero-order valence-electron chi connectivity index (χ0n) is 9.68. The van der Waals surface area contributed by atoms with Crippen LogP contribution in [0.25, 0.3) is 0 Å². The van der Waals surface area contributed by atoms with Crippen LogP contribution in [0.3, 0.4) is 0 Å². The van der Waals surface area contributed by atoms with Crippen molar-refractivity contribution in [2.75, 3.05) is 19.7 Å². The zero-order chi connectivity index (χ0) is 12.8. The number of aliphatic imine (C=N–C) groups is 2. The number of nitrogens with zero attached hydrogens (tertiary/aromatic N) is 2. The molecule has 0 aliphatic rings. The molecule has 0 unspecified atom stereocenters. The number of esters is 1. The molecule has 0 spiro atoms. The van der Waals surface area contributed by atoms with Gasteiger partial charge < -0.3 is 4.74 Å². The maximum absolute atomic E-state index is 11.1. The highest BCUT2D eigenvalue weighted by molar-refractivity contribution is 5.69. The van der Waals surface area contributed by atoms with Crippen LogP contribution in [0, 0.1) is 0 Å². The Kier molecular flexibility index (Phi) is 11.0. The van der Waals surface area contributed by atoms with Crippen molar-refractivity contribution in [3.05, 3.63) is 0 Å². The molecule has 0 atom stereocenters. The molecule has 0 heterocycles. The lowest BCUT2D eigenvalue weighted by molar-refractivity contribution is -0.143. The summed E-state index contributed by atoms with van der Waals surface area (Å²) >= 11 is 0. The fraction of sp³-hybridized carbons (Fsp3) is 0.727. The van der Waals surface area contributed by atoms with Gasteiger partial charge in [-0.25, -0.2) is 19.6 Å². The molecule has 0 aromatic heterocycles. The Morgan fingerprint density at radius 1 is 0.941 bits per heavy atom. The van der Waals surface area contributed by atoms with Crippen molar-refractivity contribution in [2.45, 2.75) is 32.1 Å². The topological polar surface area (TPSA) is 85.2 Å². The van der Waals surface area contributed by atoms with E-state index < -0.39 is 0 Å². The Bertz CT molecular complexity index is 305. The average molecular weight is 240 g/mol. The van der Waals surface area contributed by atoms with Gasteiger partial charge in [0.2, 0.25) is 12.2 Å². The molecule has 0 saturated carbocycles. The van der Waals surface area contributed by atoms with Crippen LogP contribution in [-0.2, 0) is 19.1 Å². The van der Waals surface area contributed by atoms with E-state index >= 15 is 0 Å². The summed E-state index contributed by atoms with van der Waals surface area (Å²) in [6, 6.07) is 0. The quantitative estimate of drug-likeness (QED) is 0.248. The fourth-order valence-corrected chi connectivity index (χ4v) is 1.13. The van der Waals surface area contributed by atoms with Crippen molar-refractivity contribution in [3.63, 3.8) is 0 Å². The van der Waals surface area contributed by atoms with Crippen LogP contribution in [0.15, 0.2) is 9.98 Å². The molecule has 0 N–H and O–H groups in total. The van der Waals surface area contributed by atoms with Crippen molar-refractivity contribution in [2.24, 2.45) is 9.98 Å². The van der Waals surface area contributed by atoms with Gasteiger partial charge in [-0.1, -0.05) is 6.42 Å². The van der Waals surface area contributed by atoms with Crippen molar-refractivity contribution in [3.8, 4) is 0 Å². The van der Waals surface area contributed by atoms with Crippen LogP contribution < -0.4 is 0 Å². The summed E-state index contributed by atoms with van der Waals surface area (Å²) in [5.41, 5.74) is 0. The predicted molar refractivity (Wildman–Crippen MR) is 60.0 cm³/mol. The highest BCUT2D eigenvalue weighted by atomic mass is 16.5. The summed E-state index contributed by atoms with van der Waals surface area (Å²) in [5.74, 6) is -0.251. The molecular weight excluding hydrogens is 224 g/mol. The van der Waals surface area contributed by atoms with Gasteiger partial charge in [-0.2, -0.15) is 0 Å². The van der Waals surface area contributed by atoms with Gasteiger partial charge in [0.15, 0.2) is 0 Å². The standard InChI is InChI=1S/C11H16N2O4/c14-9-12-6-3-1-2-5-11(16)17-8-4-7-13-10-15/h1-8H2. The number of isocyanates is 2. The van der Waals surface area contributed by atoms with E-state index in [-0.39, 0.29) is 12.6 Å². The third kappa shape index (κ3) is 12.2. The second kappa shape index (κ2) is 12.3. The van der Waals surface area contributed by atoms with E-state index in [2.05, 4.69) is 9.98 Å². The lowest BCUT2D eigenvalue weighted by atomic mass is 10.2. The van der Waals surface area contributed by atoms with Crippen LogP contribution in [0.5, 0.6) is 0 Å². The monoisotopic (exact) mass is 240 g/mol. The number of hydrogen-bond acceptors (Lipinski definition) is 6. The van der Waals surface area contributed by atoms with Crippen molar-refractivity contribution >= 4 is 18.1 Å². The molecule has 0 saturated heterocycles. The van der Waals surface area contributed by atoms with Crippen molar-refractivity contribution in [1.82, 2.24) is 0 Å². The van der Waals surface area contributed by atoms with E-state index in [0.29, 0.717) is 25.9 Å². The molecule has 0 bridgehead atoms. The third-order valence-corrected chi connectivity index (χ3v) is 1.96. The van der Waals surface area contributed by atoms with Gasteiger partial charge >= 0.3 is 5.97 Å². The Morgan fingerprint density at radius 3 is 2.24 bits per heavy atom. The average Bonchev–Trinajstić information content (AvgIpc) is 2.33. The largest absolute Gasteiger partial charge is 0.466 e.